The molecule has 2 aliphatic rings. The molecule has 0 aromatic heterocycles. The fraction of sp³-hybridized carbons (Fsp3) is 0.529. The predicted molar refractivity (Wildman–Crippen MR) is 81.2 cm³/mol. The van der Waals surface area contributed by atoms with Gasteiger partial charge in [-0.3, -0.25) is 14.5 Å². The molecule has 3 rings (SSSR count). The van der Waals surface area contributed by atoms with Crippen molar-refractivity contribution in [2.45, 2.75) is 32.2 Å². The minimum absolute atomic E-state index is 0.181. The molecule has 0 saturated carbocycles. The standard InChI is InChI=1S/C17H22N2O2/c1-12-3-2-4-13(9-12)16(20)11-19-8-7-15-14(10-19)5-6-17(21)18-15/h2-4,9,14-15H,5-8,10-11H2,1H3,(H,18,21). The van der Waals surface area contributed by atoms with Crippen LogP contribution in [0.3, 0.4) is 0 Å². The van der Waals surface area contributed by atoms with Crippen molar-refractivity contribution in [3.63, 3.8) is 0 Å². The number of aryl methyl sites for hydroxylation is 1. The van der Waals surface area contributed by atoms with E-state index in [1.54, 1.807) is 0 Å². The van der Waals surface area contributed by atoms with Crippen LogP contribution < -0.4 is 5.32 Å². The Balaban J connectivity index is 1.59. The van der Waals surface area contributed by atoms with E-state index in [1.165, 1.54) is 0 Å². The molecule has 1 aromatic rings. The summed E-state index contributed by atoms with van der Waals surface area (Å²) in [5, 5.41) is 3.08. The van der Waals surface area contributed by atoms with Crippen LogP contribution in [0.1, 0.15) is 35.2 Å². The van der Waals surface area contributed by atoms with E-state index in [-0.39, 0.29) is 11.7 Å². The predicted octanol–water partition coefficient (Wildman–Crippen LogP) is 1.78. The largest absolute Gasteiger partial charge is 0.353 e. The molecule has 2 aliphatic heterocycles. The molecule has 4 nitrogen and oxygen atoms in total. The summed E-state index contributed by atoms with van der Waals surface area (Å²) in [5.41, 5.74) is 1.92. The molecule has 1 N–H and O–H groups in total. The zero-order valence-electron chi connectivity index (χ0n) is 12.5. The monoisotopic (exact) mass is 286 g/mol. The van der Waals surface area contributed by atoms with E-state index in [0.29, 0.717) is 24.9 Å². The summed E-state index contributed by atoms with van der Waals surface area (Å²) < 4.78 is 0. The number of hydrogen-bond acceptors (Lipinski definition) is 3. The van der Waals surface area contributed by atoms with Crippen molar-refractivity contribution in [2.24, 2.45) is 5.92 Å². The highest BCUT2D eigenvalue weighted by Gasteiger charge is 2.34. The van der Waals surface area contributed by atoms with Crippen molar-refractivity contribution in [3.8, 4) is 0 Å². The number of nitrogens with one attached hydrogen (secondary N) is 1. The fourth-order valence-electron chi connectivity index (χ4n) is 3.44. The molecule has 4 heteroatoms. The van der Waals surface area contributed by atoms with Gasteiger partial charge in [0.15, 0.2) is 5.78 Å². The maximum absolute atomic E-state index is 12.4. The van der Waals surface area contributed by atoms with Crippen LogP contribution in [0.4, 0.5) is 0 Å². The average molecular weight is 286 g/mol. The molecule has 0 radical (unpaired) electrons. The van der Waals surface area contributed by atoms with Gasteiger partial charge in [0.2, 0.25) is 5.91 Å². The van der Waals surface area contributed by atoms with Crippen LogP contribution in [0.5, 0.6) is 0 Å². The highest BCUT2D eigenvalue weighted by molar-refractivity contribution is 5.97. The number of likely N-dealkylation sites (tertiary alicyclic amines) is 1. The maximum atomic E-state index is 12.4. The number of nitrogens with zero attached hydrogens (tertiary/aromatic N) is 1. The number of hydrogen-bond donors (Lipinski definition) is 1. The Bertz CT molecular complexity index is 555. The second-order valence-electron chi connectivity index (χ2n) is 6.29. The number of carbonyl (C=O) groups is 2. The number of piperidine rings is 2. The minimum Gasteiger partial charge on any atom is -0.353 e. The van der Waals surface area contributed by atoms with Gasteiger partial charge in [-0.1, -0.05) is 23.8 Å². The van der Waals surface area contributed by atoms with Crippen LogP contribution in [0.25, 0.3) is 0 Å². The summed E-state index contributed by atoms with van der Waals surface area (Å²) in [5.74, 6) is 0.874. The van der Waals surface area contributed by atoms with Gasteiger partial charge in [0.25, 0.3) is 0 Å². The van der Waals surface area contributed by atoms with E-state index < -0.39 is 0 Å². The third-order valence-electron chi connectivity index (χ3n) is 4.61. The van der Waals surface area contributed by atoms with Gasteiger partial charge in [-0.05, 0) is 31.7 Å². The van der Waals surface area contributed by atoms with Crippen molar-refractivity contribution in [1.29, 1.82) is 0 Å². The summed E-state index contributed by atoms with van der Waals surface area (Å²) in [6.45, 7) is 4.30. The van der Waals surface area contributed by atoms with Crippen molar-refractivity contribution < 1.29 is 9.59 Å². The molecule has 1 aromatic carbocycles. The first-order valence-corrected chi connectivity index (χ1v) is 7.73. The SMILES string of the molecule is Cc1cccc(C(=O)CN2CCC3NC(=O)CCC3C2)c1. The summed E-state index contributed by atoms with van der Waals surface area (Å²) >= 11 is 0. The number of rotatable bonds is 3. The molecule has 0 spiro atoms. The third kappa shape index (κ3) is 3.32. The second kappa shape index (κ2) is 5.98. The Hall–Kier alpha value is -1.68. The first-order valence-electron chi connectivity index (χ1n) is 7.73. The highest BCUT2D eigenvalue weighted by Crippen LogP contribution is 2.25. The van der Waals surface area contributed by atoms with Gasteiger partial charge in [0.05, 0.1) is 6.54 Å². The maximum Gasteiger partial charge on any atom is 0.220 e. The van der Waals surface area contributed by atoms with Crippen LogP contribution in [-0.2, 0) is 4.79 Å². The molecule has 2 heterocycles. The lowest BCUT2D eigenvalue weighted by Gasteiger charge is -2.41. The molecule has 1 amide bonds. The molecule has 2 saturated heterocycles. The minimum atomic E-state index is 0.181. The lowest BCUT2D eigenvalue weighted by Crippen LogP contribution is -2.54. The van der Waals surface area contributed by atoms with Gasteiger partial charge < -0.3 is 5.32 Å². The van der Waals surface area contributed by atoms with E-state index in [9.17, 15) is 9.59 Å². The summed E-state index contributed by atoms with van der Waals surface area (Å²) in [7, 11) is 0. The van der Waals surface area contributed by atoms with Gasteiger partial charge in [-0.25, -0.2) is 0 Å². The Kier molecular flexibility index (Phi) is 4.06. The molecule has 2 fully saturated rings. The molecule has 2 unspecified atom stereocenters. The molecule has 2 atom stereocenters. The zero-order chi connectivity index (χ0) is 14.8. The Morgan fingerprint density at radius 1 is 1.38 bits per heavy atom. The van der Waals surface area contributed by atoms with Crippen LogP contribution in [-0.4, -0.2) is 42.3 Å². The fourth-order valence-corrected chi connectivity index (χ4v) is 3.44. The third-order valence-corrected chi connectivity index (χ3v) is 4.61. The number of ketones is 1. The molecule has 0 bridgehead atoms. The first kappa shape index (κ1) is 14.3. The number of amides is 1. The second-order valence-corrected chi connectivity index (χ2v) is 6.29. The normalized spacial score (nSPS) is 26.0. The van der Waals surface area contributed by atoms with Gasteiger partial charge in [0, 0.05) is 31.1 Å². The number of carbonyl (C=O) groups excluding carboxylic acids is 2. The molecular weight excluding hydrogens is 264 g/mol. The zero-order valence-corrected chi connectivity index (χ0v) is 12.5. The Morgan fingerprint density at radius 3 is 3.05 bits per heavy atom. The van der Waals surface area contributed by atoms with E-state index in [4.69, 9.17) is 0 Å². The van der Waals surface area contributed by atoms with Crippen molar-refractivity contribution >= 4 is 11.7 Å². The summed E-state index contributed by atoms with van der Waals surface area (Å²) in [6, 6.07) is 8.11. The van der Waals surface area contributed by atoms with Crippen LogP contribution >= 0.6 is 0 Å². The summed E-state index contributed by atoms with van der Waals surface area (Å²) in [6.07, 6.45) is 2.53. The summed E-state index contributed by atoms with van der Waals surface area (Å²) in [4.78, 5) is 26.0. The number of Topliss-reactive ketones (excluding diaryl/α,β-unsaturated/α-hetero) is 1. The van der Waals surface area contributed by atoms with Gasteiger partial charge in [-0.2, -0.15) is 0 Å². The lowest BCUT2D eigenvalue weighted by atomic mass is 9.85. The van der Waals surface area contributed by atoms with E-state index in [0.717, 1.165) is 37.1 Å². The van der Waals surface area contributed by atoms with E-state index in [1.807, 2.05) is 31.2 Å². The Morgan fingerprint density at radius 2 is 2.24 bits per heavy atom. The van der Waals surface area contributed by atoms with Crippen LogP contribution in [0.2, 0.25) is 0 Å². The average Bonchev–Trinajstić information content (AvgIpc) is 2.47. The van der Waals surface area contributed by atoms with Gasteiger partial charge in [-0.15, -0.1) is 0 Å². The van der Waals surface area contributed by atoms with Crippen LogP contribution in [0, 0.1) is 12.8 Å². The molecule has 21 heavy (non-hydrogen) atoms. The first-order chi connectivity index (χ1) is 10.1. The molecule has 112 valence electrons. The topological polar surface area (TPSA) is 49.4 Å². The van der Waals surface area contributed by atoms with Crippen LogP contribution in [0.15, 0.2) is 24.3 Å². The van der Waals surface area contributed by atoms with Crippen molar-refractivity contribution in [3.05, 3.63) is 35.4 Å². The van der Waals surface area contributed by atoms with Gasteiger partial charge >= 0.3 is 0 Å². The lowest BCUT2D eigenvalue weighted by molar-refractivity contribution is -0.125. The number of benzene rings is 1. The van der Waals surface area contributed by atoms with Crippen molar-refractivity contribution in [2.75, 3.05) is 19.6 Å². The van der Waals surface area contributed by atoms with E-state index in [2.05, 4.69) is 10.2 Å². The van der Waals surface area contributed by atoms with E-state index >= 15 is 0 Å². The quantitative estimate of drug-likeness (QED) is 0.862. The van der Waals surface area contributed by atoms with Crippen molar-refractivity contribution in [1.82, 2.24) is 10.2 Å². The highest BCUT2D eigenvalue weighted by atomic mass is 16.1. The molecular formula is C17H22N2O2. The molecule has 0 aliphatic carbocycles. The van der Waals surface area contributed by atoms with Gasteiger partial charge in [0.1, 0.15) is 0 Å². The smallest absolute Gasteiger partial charge is 0.220 e. The number of fused-ring (bicyclic) bond motifs is 1. The Labute approximate surface area is 125 Å².